The summed E-state index contributed by atoms with van der Waals surface area (Å²) in [6.45, 7) is 0. The first-order valence-corrected chi connectivity index (χ1v) is 11.7. The van der Waals surface area contributed by atoms with Crippen molar-refractivity contribution in [1.29, 1.82) is 0 Å². The predicted octanol–water partition coefficient (Wildman–Crippen LogP) is 3.24. The van der Waals surface area contributed by atoms with Crippen LogP contribution in [0.2, 0.25) is 0 Å². The van der Waals surface area contributed by atoms with Crippen molar-refractivity contribution in [3.8, 4) is 33.6 Å². The normalized spacial score (nSPS) is 20.7. The van der Waals surface area contributed by atoms with Crippen LogP contribution in [-0.2, 0) is 7.05 Å². The first-order valence-electron chi connectivity index (χ1n) is 11.7. The van der Waals surface area contributed by atoms with Gasteiger partial charge in [0.25, 0.3) is 0 Å². The highest BCUT2D eigenvalue weighted by molar-refractivity contribution is 5.76. The van der Waals surface area contributed by atoms with Gasteiger partial charge in [-0.1, -0.05) is 31.0 Å². The molecule has 3 heterocycles. The number of nitrogens with zero attached hydrogens (tertiary/aromatic N) is 5. The van der Waals surface area contributed by atoms with Gasteiger partial charge in [-0.15, -0.1) is 0 Å². The molecule has 1 aliphatic carbocycles. The van der Waals surface area contributed by atoms with Crippen LogP contribution in [0.5, 0.6) is 0 Å². The number of benzene rings is 1. The maximum absolute atomic E-state index is 11.0. The molecule has 9 nitrogen and oxygen atoms in total. The van der Waals surface area contributed by atoms with Gasteiger partial charge in [0.15, 0.2) is 5.82 Å². The Morgan fingerprint density at radius 3 is 2.59 bits per heavy atom. The summed E-state index contributed by atoms with van der Waals surface area (Å²) in [5.74, 6) is 1.31. The highest BCUT2D eigenvalue weighted by Gasteiger charge is 2.30. The number of aryl methyl sites for hydroxylation is 1. The Morgan fingerprint density at radius 1 is 1.03 bits per heavy atom. The lowest BCUT2D eigenvalue weighted by molar-refractivity contribution is 0.112. The SMILES string of the molecule is CN[C@H]1CCCC[C@H](Nc2nc(-c3cccc(-c4cnn(C)c4)c3)ncc2-c2cn[nH]c2)[C@@H]1O. The molecule has 1 aliphatic rings. The van der Waals surface area contributed by atoms with Crippen molar-refractivity contribution in [2.75, 3.05) is 12.4 Å². The van der Waals surface area contributed by atoms with Gasteiger partial charge in [-0.2, -0.15) is 10.2 Å². The van der Waals surface area contributed by atoms with Gasteiger partial charge in [0.2, 0.25) is 0 Å². The standard InChI is InChI=1S/C25H30N8O/c1-26-21-8-3-4-9-22(23(21)34)31-25-20(18-11-28-29-12-18)14-27-24(32-25)17-7-5-6-16(10-17)19-13-30-33(2)15-19/h5-7,10-15,21-23,26,34H,3-4,8-9H2,1-2H3,(H,28,29)(H,27,31,32)/t21-,22-,23+/m0/s1. The van der Waals surface area contributed by atoms with E-state index in [1.807, 2.05) is 51.0 Å². The van der Waals surface area contributed by atoms with Gasteiger partial charge in [-0.3, -0.25) is 9.78 Å². The average molecular weight is 459 g/mol. The van der Waals surface area contributed by atoms with Crippen molar-refractivity contribution in [3.63, 3.8) is 0 Å². The number of aliphatic hydroxyl groups is 1. The molecule has 1 aromatic carbocycles. The first-order chi connectivity index (χ1) is 16.6. The Balaban J connectivity index is 1.52. The van der Waals surface area contributed by atoms with Gasteiger partial charge in [0.05, 0.1) is 24.5 Å². The molecule has 0 bridgehead atoms. The summed E-state index contributed by atoms with van der Waals surface area (Å²) in [7, 11) is 3.81. The molecule has 34 heavy (non-hydrogen) atoms. The van der Waals surface area contributed by atoms with Crippen LogP contribution in [-0.4, -0.2) is 60.3 Å². The molecule has 4 N–H and O–H groups in total. The van der Waals surface area contributed by atoms with E-state index in [-0.39, 0.29) is 12.1 Å². The van der Waals surface area contributed by atoms with Crippen molar-refractivity contribution in [1.82, 2.24) is 35.3 Å². The third kappa shape index (κ3) is 4.57. The molecule has 9 heteroatoms. The first kappa shape index (κ1) is 22.2. The maximum Gasteiger partial charge on any atom is 0.161 e. The highest BCUT2D eigenvalue weighted by atomic mass is 16.3. The largest absolute Gasteiger partial charge is 0.389 e. The lowest BCUT2D eigenvalue weighted by Gasteiger charge is -2.28. The van der Waals surface area contributed by atoms with Crippen LogP contribution >= 0.6 is 0 Å². The second kappa shape index (κ2) is 9.74. The third-order valence-corrected chi connectivity index (χ3v) is 6.55. The summed E-state index contributed by atoms with van der Waals surface area (Å²) in [6, 6.07) is 8.08. The number of rotatable bonds is 6. The number of aromatic nitrogens is 6. The molecule has 1 fully saturated rings. The van der Waals surface area contributed by atoms with Crippen LogP contribution < -0.4 is 10.6 Å². The summed E-state index contributed by atoms with van der Waals surface area (Å²) < 4.78 is 1.79. The van der Waals surface area contributed by atoms with E-state index in [1.54, 1.807) is 10.9 Å². The van der Waals surface area contributed by atoms with Crippen molar-refractivity contribution in [2.24, 2.45) is 7.05 Å². The Morgan fingerprint density at radius 2 is 1.85 bits per heavy atom. The van der Waals surface area contributed by atoms with Crippen molar-refractivity contribution >= 4 is 5.82 Å². The monoisotopic (exact) mass is 458 g/mol. The number of nitrogens with one attached hydrogen (secondary N) is 3. The number of likely N-dealkylation sites (N-methyl/N-ethyl adjacent to an activating group) is 1. The minimum atomic E-state index is -0.517. The Hall–Kier alpha value is -3.56. The van der Waals surface area contributed by atoms with Crippen LogP contribution in [0.25, 0.3) is 33.6 Å². The molecule has 0 saturated heterocycles. The summed E-state index contributed by atoms with van der Waals surface area (Å²) in [5.41, 5.74) is 4.75. The van der Waals surface area contributed by atoms with Gasteiger partial charge in [0, 0.05) is 53.9 Å². The number of hydrogen-bond acceptors (Lipinski definition) is 7. The molecule has 3 atom stereocenters. The minimum Gasteiger partial charge on any atom is -0.389 e. The number of aliphatic hydroxyl groups excluding tert-OH is 1. The zero-order valence-corrected chi connectivity index (χ0v) is 19.4. The summed E-state index contributed by atoms with van der Waals surface area (Å²) >= 11 is 0. The molecule has 1 saturated carbocycles. The Bertz CT molecular complexity index is 1240. The van der Waals surface area contributed by atoms with Crippen LogP contribution in [0.3, 0.4) is 0 Å². The van der Waals surface area contributed by atoms with Crippen LogP contribution in [0.15, 0.2) is 55.2 Å². The van der Waals surface area contributed by atoms with Gasteiger partial charge >= 0.3 is 0 Å². The van der Waals surface area contributed by atoms with E-state index in [0.29, 0.717) is 11.6 Å². The van der Waals surface area contributed by atoms with Gasteiger partial charge in [0.1, 0.15) is 5.82 Å². The summed E-state index contributed by atoms with van der Waals surface area (Å²) in [5, 5.41) is 29.1. The molecular weight excluding hydrogens is 428 g/mol. The predicted molar refractivity (Wildman–Crippen MR) is 132 cm³/mol. The molecule has 3 aromatic heterocycles. The topological polar surface area (TPSA) is 117 Å². The number of H-pyrrole nitrogens is 1. The second-order valence-corrected chi connectivity index (χ2v) is 8.85. The second-order valence-electron chi connectivity index (χ2n) is 8.85. The summed E-state index contributed by atoms with van der Waals surface area (Å²) in [4.78, 5) is 9.61. The minimum absolute atomic E-state index is 0.0508. The molecule has 0 aliphatic heterocycles. The lowest BCUT2D eigenvalue weighted by atomic mass is 10.0. The third-order valence-electron chi connectivity index (χ3n) is 6.55. The van der Waals surface area contributed by atoms with Gasteiger partial charge in [-0.05, 0) is 31.5 Å². The fourth-order valence-electron chi connectivity index (χ4n) is 4.65. The summed E-state index contributed by atoms with van der Waals surface area (Å²) in [6.07, 6.45) is 12.7. The number of anilines is 1. The van der Waals surface area contributed by atoms with E-state index in [1.165, 1.54) is 0 Å². The molecule has 0 radical (unpaired) electrons. The molecule has 0 amide bonds. The fraction of sp³-hybridized carbons (Fsp3) is 0.360. The Kier molecular flexibility index (Phi) is 6.37. The quantitative estimate of drug-likeness (QED) is 0.328. The zero-order chi connectivity index (χ0) is 23.5. The van der Waals surface area contributed by atoms with E-state index in [4.69, 9.17) is 4.98 Å². The Labute approximate surface area is 198 Å². The molecular formula is C25H30N8O. The van der Waals surface area contributed by atoms with E-state index >= 15 is 0 Å². The van der Waals surface area contributed by atoms with E-state index in [2.05, 4.69) is 43.0 Å². The fourth-order valence-corrected chi connectivity index (χ4v) is 4.65. The number of aromatic amines is 1. The molecule has 0 spiro atoms. The van der Waals surface area contributed by atoms with Crippen LogP contribution in [0.4, 0.5) is 5.82 Å². The van der Waals surface area contributed by atoms with Crippen molar-refractivity contribution in [2.45, 2.75) is 43.9 Å². The highest BCUT2D eigenvalue weighted by Crippen LogP contribution is 2.31. The van der Waals surface area contributed by atoms with Gasteiger partial charge < -0.3 is 15.7 Å². The van der Waals surface area contributed by atoms with Crippen LogP contribution in [0, 0.1) is 0 Å². The molecule has 5 rings (SSSR count). The molecule has 0 unspecified atom stereocenters. The smallest absolute Gasteiger partial charge is 0.161 e. The van der Waals surface area contributed by atoms with Crippen molar-refractivity contribution < 1.29 is 5.11 Å². The van der Waals surface area contributed by atoms with E-state index in [9.17, 15) is 5.11 Å². The van der Waals surface area contributed by atoms with E-state index in [0.717, 1.165) is 53.5 Å². The zero-order valence-electron chi connectivity index (χ0n) is 19.4. The van der Waals surface area contributed by atoms with E-state index < -0.39 is 6.10 Å². The lowest BCUT2D eigenvalue weighted by Crippen LogP contribution is -2.46. The molecule has 4 aromatic rings. The molecule has 176 valence electrons. The maximum atomic E-state index is 11.0. The average Bonchev–Trinajstić information content (AvgIpc) is 3.52. The van der Waals surface area contributed by atoms with Crippen molar-refractivity contribution in [3.05, 3.63) is 55.2 Å². The number of hydrogen-bond donors (Lipinski definition) is 4. The van der Waals surface area contributed by atoms with Gasteiger partial charge in [-0.25, -0.2) is 9.97 Å². The van der Waals surface area contributed by atoms with Crippen LogP contribution in [0.1, 0.15) is 25.7 Å².